The number of nitrogens with one attached hydrogen (secondary N) is 1. The molecule has 1 amide bonds. The lowest BCUT2D eigenvalue weighted by molar-refractivity contribution is -0.134. The molecule has 1 atom stereocenters. The number of halogens is 1. The minimum atomic E-state index is -0.332. The number of hydrogen-bond donors (Lipinski definition) is 1. The highest BCUT2D eigenvalue weighted by atomic mass is 19.1. The number of aryl methyl sites for hydroxylation is 1. The summed E-state index contributed by atoms with van der Waals surface area (Å²) in [5.41, 5.74) is 2.79. The molecular weight excluding hydrogens is 395 g/mol. The molecule has 1 fully saturated rings. The van der Waals surface area contributed by atoms with Gasteiger partial charge in [0, 0.05) is 30.4 Å². The van der Waals surface area contributed by atoms with Gasteiger partial charge in [-0.3, -0.25) is 9.78 Å². The van der Waals surface area contributed by atoms with Crippen LogP contribution in [0.15, 0.2) is 60.8 Å². The summed E-state index contributed by atoms with van der Waals surface area (Å²) in [6, 6.07) is 15.5. The normalized spacial score (nSPS) is 16.1. The number of benzene rings is 1. The number of likely N-dealkylation sites (tertiary alicyclic amines) is 1. The number of carbonyl (C=O) groups excluding carboxylic acids is 1. The molecule has 2 aromatic heterocycles. The van der Waals surface area contributed by atoms with Gasteiger partial charge >= 0.3 is 0 Å². The van der Waals surface area contributed by atoms with Gasteiger partial charge in [-0.1, -0.05) is 6.07 Å². The van der Waals surface area contributed by atoms with Crippen LogP contribution in [0.4, 0.5) is 15.9 Å². The minimum absolute atomic E-state index is 0.0574. The summed E-state index contributed by atoms with van der Waals surface area (Å²) in [7, 11) is 0. The summed E-state index contributed by atoms with van der Waals surface area (Å²) >= 11 is 0. The molecule has 3 heterocycles. The summed E-state index contributed by atoms with van der Waals surface area (Å²) in [6.07, 6.45) is 3.71. The van der Waals surface area contributed by atoms with Crippen LogP contribution in [0.5, 0.6) is 5.75 Å². The fourth-order valence-electron chi connectivity index (χ4n) is 3.69. The van der Waals surface area contributed by atoms with E-state index in [0.29, 0.717) is 18.8 Å². The van der Waals surface area contributed by atoms with Crippen molar-refractivity contribution in [1.29, 1.82) is 0 Å². The molecule has 3 aromatic rings. The molecule has 6 nitrogen and oxygen atoms in total. The molecule has 1 N–H and O–H groups in total. The SMILES string of the molecule is Cc1cccc(Nc2ccc(C3CCCN(C(=O)COc4ccc(F)cc4)C3)nc2)n1. The standard InChI is InChI=1S/C24H25FN4O2/c1-17-4-2-6-23(27-17)28-20-9-12-22(26-14-20)18-5-3-13-29(15-18)24(30)16-31-21-10-7-19(25)8-11-21/h2,4,6-12,14,18H,3,5,13,15-16H2,1H3,(H,27,28). The Labute approximate surface area is 181 Å². The topological polar surface area (TPSA) is 67.4 Å². The van der Waals surface area contributed by atoms with Gasteiger partial charge < -0.3 is 15.0 Å². The van der Waals surface area contributed by atoms with E-state index in [0.717, 1.165) is 35.7 Å². The molecule has 1 aliphatic heterocycles. The van der Waals surface area contributed by atoms with Crippen molar-refractivity contribution in [3.05, 3.63) is 78.0 Å². The van der Waals surface area contributed by atoms with E-state index in [2.05, 4.69) is 15.3 Å². The number of anilines is 2. The van der Waals surface area contributed by atoms with Crippen LogP contribution in [-0.4, -0.2) is 40.5 Å². The van der Waals surface area contributed by atoms with Crippen LogP contribution in [-0.2, 0) is 4.79 Å². The van der Waals surface area contributed by atoms with Gasteiger partial charge in [-0.25, -0.2) is 9.37 Å². The number of rotatable bonds is 6. The maximum atomic E-state index is 13.0. The van der Waals surface area contributed by atoms with E-state index in [9.17, 15) is 9.18 Å². The molecule has 1 aliphatic rings. The Hall–Kier alpha value is -3.48. The summed E-state index contributed by atoms with van der Waals surface area (Å²) in [5, 5.41) is 3.26. The van der Waals surface area contributed by atoms with Crippen LogP contribution in [0.3, 0.4) is 0 Å². The first-order valence-electron chi connectivity index (χ1n) is 10.4. The Morgan fingerprint density at radius 3 is 2.77 bits per heavy atom. The highest BCUT2D eigenvalue weighted by molar-refractivity contribution is 5.78. The summed E-state index contributed by atoms with van der Waals surface area (Å²) in [4.78, 5) is 23.5. The highest BCUT2D eigenvalue weighted by Crippen LogP contribution is 2.27. The lowest BCUT2D eigenvalue weighted by Crippen LogP contribution is -2.41. The summed E-state index contributed by atoms with van der Waals surface area (Å²) < 4.78 is 18.5. The largest absolute Gasteiger partial charge is 0.484 e. The second-order valence-electron chi connectivity index (χ2n) is 7.68. The van der Waals surface area contributed by atoms with Crippen molar-refractivity contribution in [3.63, 3.8) is 0 Å². The van der Waals surface area contributed by atoms with Gasteiger partial charge in [0.2, 0.25) is 0 Å². The van der Waals surface area contributed by atoms with E-state index in [4.69, 9.17) is 4.74 Å². The predicted octanol–water partition coefficient (Wildman–Crippen LogP) is 4.45. The van der Waals surface area contributed by atoms with Crippen molar-refractivity contribution in [2.75, 3.05) is 25.0 Å². The molecular formula is C24H25FN4O2. The second kappa shape index (κ2) is 9.55. The molecule has 1 unspecified atom stereocenters. The van der Waals surface area contributed by atoms with Crippen LogP contribution in [0.25, 0.3) is 0 Å². The van der Waals surface area contributed by atoms with E-state index in [1.165, 1.54) is 24.3 Å². The molecule has 1 aromatic carbocycles. The molecule has 0 aliphatic carbocycles. The van der Waals surface area contributed by atoms with Crippen LogP contribution in [0.1, 0.15) is 30.1 Å². The summed E-state index contributed by atoms with van der Waals surface area (Å²) in [5.74, 6) is 1.05. The van der Waals surface area contributed by atoms with Crippen LogP contribution < -0.4 is 10.1 Å². The first kappa shape index (κ1) is 20.8. The molecule has 4 rings (SSSR count). The van der Waals surface area contributed by atoms with Gasteiger partial charge in [0.15, 0.2) is 6.61 Å². The first-order chi connectivity index (χ1) is 15.1. The van der Waals surface area contributed by atoms with Crippen molar-refractivity contribution in [3.8, 4) is 5.75 Å². The number of aromatic nitrogens is 2. The van der Waals surface area contributed by atoms with Crippen LogP contribution in [0, 0.1) is 12.7 Å². The maximum Gasteiger partial charge on any atom is 0.260 e. The monoisotopic (exact) mass is 420 g/mol. The minimum Gasteiger partial charge on any atom is -0.484 e. The number of hydrogen-bond acceptors (Lipinski definition) is 5. The van der Waals surface area contributed by atoms with Crippen molar-refractivity contribution in [2.24, 2.45) is 0 Å². The third-order valence-corrected chi connectivity index (χ3v) is 5.32. The smallest absolute Gasteiger partial charge is 0.260 e. The number of piperidine rings is 1. The lowest BCUT2D eigenvalue weighted by atomic mass is 9.94. The van der Waals surface area contributed by atoms with Gasteiger partial charge in [0.05, 0.1) is 11.9 Å². The molecule has 0 bridgehead atoms. The average Bonchev–Trinajstić information content (AvgIpc) is 2.79. The van der Waals surface area contributed by atoms with E-state index in [1.54, 1.807) is 6.20 Å². The third-order valence-electron chi connectivity index (χ3n) is 5.32. The van der Waals surface area contributed by atoms with E-state index < -0.39 is 0 Å². The van der Waals surface area contributed by atoms with E-state index >= 15 is 0 Å². The Kier molecular flexibility index (Phi) is 6.40. The molecule has 0 saturated carbocycles. The third kappa shape index (κ3) is 5.57. The zero-order valence-corrected chi connectivity index (χ0v) is 17.4. The summed E-state index contributed by atoms with van der Waals surface area (Å²) in [6.45, 7) is 3.22. The zero-order chi connectivity index (χ0) is 21.6. The molecule has 31 heavy (non-hydrogen) atoms. The Bertz CT molecular complexity index is 1020. The Morgan fingerprint density at radius 2 is 2.03 bits per heavy atom. The Morgan fingerprint density at radius 1 is 1.19 bits per heavy atom. The van der Waals surface area contributed by atoms with Crippen molar-refractivity contribution < 1.29 is 13.9 Å². The molecule has 7 heteroatoms. The van der Waals surface area contributed by atoms with Gasteiger partial charge in [-0.05, 0) is 68.3 Å². The highest BCUT2D eigenvalue weighted by Gasteiger charge is 2.25. The lowest BCUT2D eigenvalue weighted by Gasteiger charge is -2.32. The van der Waals surface area contributed by atoms with Crippen molar-refractivity contribution >= 4 is 17.4 Å². The Balaban J connectivity index is 1.33. The van der Waals surface area contributed by atoms with Crippen LogP contribution in [0.2, 0.25) is 0 Å². The molecule has 0 spiro atoms. The molecule has 1 saturated heterocycles. The van der Waals surface area contributed by atoms with Crippen molar-refractivity contribution in [1.82, 2.24) is 14.9 Å². The van der Waals surface area contributed by atoms with E-state index in [1.807, 2.05) is 42.2 Å². The van der Waals surface area contributed by atoms with Gasteiger partial charge in [0.25, 0.3) is 5.91 Å². The van der Waals surface area contributed by atoms with Gasteiger partial charge in [0.1, 0.15) is 17.4 Å². The number of pyridine rings is 2. The van der Waals surface area contributed by atoms with Gasteiger partial charge in [-0.2, -0.15) is 0 Å². The zero-order valence-electron chi connectivity index (χ0n) is 17.4. The fourth-order valence-corrected chi connectivity index (χ4v) is 3.69. The molecule has 160 valence electrons. The van der Waals surface area contributed by atoms with Gasteiger partial charge in [-0.15, -0.1) is 0 Å². The predicted molar refractivity (Wildman–Crippen MR) is 117 cm³/mol. The average molecular weight is 420 g/mol. The van der Waals surface area contributed by atoms with Crippen LogP contribution >= 0.6 is 0 Å². The molecule has 0 radical (unpaired) electrons. The number of ether oxygens (including phenoxy) is 1. The fraction of sp³-hybridized carbons (Fsp3) is 0.292. The quantitative estimate of drug-likeness (QED) is 0.638. The maximum absolute atomic E-state index is 13.0. The number of amides is 1. The second-order valence-corrected chi connectivity index (χ2v) is 7.68. The number of carbonyl (C=O) groups is 1. The van der Waals surface area contributed by atoms with Crippen molar-refractivity contribution in [2.45, 2.75) is 25.7 Å². The van der Waals surface area contributed by atoms with E-state index in [-0.39, 0.29) is 24.2 Å². The first-order valence-corrected chi connectivity index (χ1v) is 10.4. The number of nitrogens with zero attached hydrogens (tertiary/aromatic N) is 3.